The molecule has 27 heavy (non-hydrogen) atoms. The average molecular weight is 423 g/mol. The number of thiocarbonyl (C=S) groups is 1. The molecule has 0 amide bonds. The van der Waals surface area contributed by atoms with Crippen LogP contribution < -0.4 is 5.32 Å². The first-order valence-corrected chi connectivity index (χ1v) is 11.8. The highest BCUT2D eigenvalue weighted by Crippen LogP contribution is 2.58. The lowest BCUT2D eigenvalue weighted by Gasteiger charge is -2.58. The molecule has 1 N–H and O–H groups in total. The Hall–Kier alpha value is -0.510. The van der Waals surface area contributed by atoms with E-state index < -0.39 is 0 Å². The van der Waals surface area contributed by atoms with E-state index in [1.54, 1.807) is 6.07 Å². The van der Waals surface area contributed by atoms with Crippen molar-refractivity contribution in [2.24, 2.45) is 29.6 Å². The maximum Gasteiger partial charge on any atom is 0.173 e. The zero-order chi connectivity index (χ0) is 18.5. The van der Waals surface area contributed by atoms with Gasteiger partial charge in [0.1, 0.15) is 0 Å². The minimum absolute atomic E-state index is 0.611. The second-order valence-electron chi connectivity index (χ2n) is 9.32. The lowest BCUT2D eigenvalue weighted by molar-refractivity contribution is -0.0699. The Bertz CT molecular complexity index is 709. The molecule has 2 nitrogen and oxygen atoms in total. The summed E-state index contributed by atoms with van der Waals surface area (Å²) in [7, 11) is 0. The van der Waals surface area contributed by atoms with Gasteiger partial charge in [-0.05, 0) is 111 Å². The molecule has 1 unspecified atom stereocenters. The van der Waals surface area contributed by atoms with E-state index in [-0.39, 0.29) is 0 Å². The highest BCUT2D eigenvalue weighted by atomic mass is 35.5. The van der Waals surface area contributed by atoms with Crippen molar-refractivity contribution in [3.05, 3.63) is 28.2 Å². The number of rotatable bonds is 2. The van der Waals surface area contributed by atoms with Crippen molar-refractivity contribution in [1.82, 2.24) is 4.90 Å². The van der Waals surface area contributed by atoms with Gasteiger partial charge in [-0.3, -0.25) is 0 Å². The molecule has 4 saturated carbocycles. The van der Waals surface area contributed by atoms with Crippen LogP contribution in [0.25, 0.3) is 0 Å². The number of hydrogen-bond donors (Lipinski definition) is 1. The first-order valence-electron chi connectivity index (χ1n) is 10.6. The van der Waals surface area contributed by atoms with Crippen LogP contribution in [-0.4, -0.2) is 22.6 Å². The summed E-state index contributed by atoms with van der Waals surface area (Å²) in [6.07, 6.45) is 11.3. The number of halogens is 2. The third-order valence-electron chi connectivity index (χ3n) is 7.73. The summed E-state index contributed by atoms with van der Waals surface area (Å²) < 4.78 is 0. The molecule has 0 spiro atoms. The van der Waals surface area contributed by atoms with Crippen molar-refractivity contribution in [3.63, 3.8) is 0 Å². The van der Waals surface area contributed by atoms with Gasteiger partial charge in [-0.2, -0.15) is 0 Å². The topological polar surface area (TPSA) is 15.3 Å². The van der Waals surface area contributed by atoms with Crippen LogP contribution in [0.15, 0.2) is 18.2 Å². The van der Waals surface area contributed by atoms with Crippen LogP contribution in [0.5, 0.6) is 0 Å². The number of hydrogen-bond acceptors (Lipinski definition) is 1. The van der Waals surface area contributed by atoms with Crippen molar-refractivity contribution < 1.29 is 0 Å². The second-order valence-corrected chi connectivity index (χ2v) is 10.5. The molecule has 5 aliphatic rings. The van der Waals surface area contributed by atoms with Crippen LogP contribution in [0.1, 0.15) is 51.4 Å². The van der Waals surface area contributed by atoms with Crippen LogP contribution in [0.3, 0.4) is 0 Å². The SMILES string of the molecule is S=C(Nc1ccc(Cl)cc1Cl)N1CCCCC1C1C2CC3CC(C2)CC1C3. The van der Waals surface area contributed by atoms with Gasteiger partial charge >= 0.3 is 0 Å². The third-order valence-corrected chi connectivity index (χ3v) is 8.61. The number of likely N-dealkylation sites (tertiary alicyclic amines) is 1. The predicted molar refractivity (Wildman–Crippen MR) is 118 cm³/mol. The normalized spacial score (nSPS) is 37.5. The molecular weight excluding hydrogens is 395 g/mol. The van der Waals surface area contributed by atoms with Crippen LogP contribution in [0.2, 0.25) is 10.0 Å². The molecule has 1 aliphatic heterocycles. The van der Waals surface area contributed by atoms with Crippen molar-refractivity contribution >= 4 is 46.2 Å². The molecular formula is C22H28Cl2N2S. The first kappa shape index (κ1) is 18.5. The largest absolute Gasteiger partial charge is 0.346 e. The summed E-state index contributed by atoms with van der Waals surface area (Å²) in [5.74, 6) is 4.78. The van der Waals surface area contributed by atoms with E-state index in [1.165, 1.54) is 51.4 Å². The number of nitrogens with zero attached hydrogens (tertiary/aromatic N) is 1. The van der Waals surface area contributed by atoms with Crippen LogP contribution in [0.4, 0.5) is 5.69 Å². The maximum atomic E-state index is 6.37. The van der Waals surface area contributed by atoms with Gasteiger partial charge in [-0.15, -0.1) is 0 Å². The van der Waals surface area contributed by atoms with Crippen molar-refractivity contribution in [1.29, 1.82) is 0 Å². The monoisotopic (exact) mass is 422 g/mol. The maximum absolute atomic E-state index is 6.37. The Morgan fingerprint density at radius 1 is 1.00 bits per heavy atom. The van der Waals surface area contributed by atoms with Gasteiger partial charge in [0.25, 0.3) is 0 Å². The molecule has 4 bridgehead atoms. The molecule has 5 fully saturated rings. The van der Waals surface area contributed by atoms with E-state index in [2.05, 4.69) is 10.2 Å². The molecule has 4 aliphatic carbocycles. The van der Waals surface area contributed by atoms with E-state index in [1.807, 2.05) is 12.1 Å². The quantitative estimate of drug-likeness (QED) is 0.539. The van der Waals surface area contributed by atoms with E-state index in [0.717, 1.165) is 46.9 Å². The average Bonchev–Trinajstić information content (AvgIpc) is 2.63. The van der Waals surface area contributed by atoms with Gasteiger partial charge in [-0.1, -0.05) is 23.2 Å². The molecule has 1 saturated heterocycles. The van der Waals surface area contributed by atoms with Gasteiger partial charge in [0.2, 0.25) is 0 Å². The molecule has 0 radical (unpaired) electrons. The summed E-state index contributed by atoms with van der Waals surface area (Å²) in [6.45, 7) is 1.07. The van der Waals surface area contributed by atoms with E-state index in [0.29, 0.717) is 16.1 Å². The van der Waals surface area contributed by atoms with Gasteiger partial charge in [0.05, 0.1) is 10.7 Å². The molecule has 1 heterocycles. The Labute approximate surface area is 178 Å². The number of anilines is 1. The summed E-state index contributed by atoms with van der Waals surface area (Å²) in [4.78, 5) is 2.51. The molecule has 146 valence electrons. The highest BCUT2D eigenvalue weighted by Gasteiger charge is 2.51. The summed E-state index contributed by atoms with van der Waals surface area (Å²) in [5.41, 5.74) is 0.862. The predicted octanol–water partition coefficient (Wildman–Crippen LogP) is 6.62. The molecule has 1 aromatic carbocycles. The molecule has 0 aromatic heterocycles. The zero-order valence-electron chi connectivity index (χ0n) is 15.7. The van der Waals surface area contributed by atoms with E-state index in [9.17, 15) is 0 Å². The van der Waals surface area contributed by atoms with Gasteiger partial charge in [0, 0.05) is 17.6 Å². The standard InChI is InChI=1S/C22H28Cl2N2S/c23-17-4-5-19(18(24)12-17)25-22(27)26-6-2-1-3-20(26)21-15-8-13-7-14(10-15)11-16(21)9-13/h4-5,12-16,20-21H,1-3,6-11H2,(H,25,27). The Morgan fingerprint density at radius 2 is 1.70 bits per heavy atom. The molecule has 5 heteroatoms. The Morgan fingerprint density at radius 3 is 2.37 bits per heavy atom. The van der Waals surface area contributed by atoms with Gasteiger partial charge < -0.3 is 10.2 Å². The number of benzene rings is 1. The Balaban J connectivity index is 1.35. The van der Waals surface area contributed by atoms with E-state index in [4.69, 9.17) is 35.4 Å². The summed E-state index contributed by atoms with van der Waals surface area (Å²) >= 11 is 18.3. The molecule has 6 rings (SSSR count). The van der Waals surface area contributed by atoms with Crippen LogP contribution in [-0.2, 0) is 0 Å². The van der Waals surface area contributed by atoms with Gasteiger partial charge in [0.15, 0.2) is 5.11 Å². The first-order chi connectivity index (χ1) is 13.1. The van der Waals surface area contributed by atoms with Gasteiger partial charge in [-0.25, -0.2) is 0 Å². The van der Waals surface area contributed by atoms with Crippen molar-refractivity contribution in [3.8, 4) is 0 Å². The fraction of sp³-hybridized carbons (Fsp3) is 0.682. The zero-order valence-corrected chi connectivity index (χ0v) is 18.0. The summed E-state index contributed by atoms with van der Waals surface area (Å²) in [5, 5.41) is 5.56. The number of nitrogens with one attached hydrogen (secondary N) is 1. The van der Waals surface area contributed by atoms with Crippen LogP contribution >= 0.6 is 35.4 Å². The van der Waals surface area contributed by atoms with Crippen molar-refractivity contribution in [2.75, 3.05) is 11.9 Å². The minimum atomic E-state index is 0.611. The fourth-order valence-corrected chi connectivity index (χ4v) is 7.78. The smallest absolute Gasteiger partial charge is 0.173 e. The molecule has 1 aromatic rings. The Kier molecular flexibility index (Phi) is 5.07. The fourth-order valence-electron chi connectivity index (χ4n) is 6.98. The minimum Gasteiger partial charge on any atom is -0.346 e. The number of piperidine rings is 1. The lowest BCUT2D eigenvalue weighted by atomic mass is 9.50. The highest BCUT2D eigenvalue weighted by molar-refractivity contribution is 7.80. The second kappa shape index (κ2) is 7.39. The van der Waals surface area contributed by atoms with E-state index >= 15 is 0 Å². The van der Waals surface area contributed by atoms with Crippen LogP contribution in [0, 0.1) is 29.6 Å². The van der Waals surface area contributed by atoms with Crippen molar-refractivity contribution in [2.45, 2.75) is 57.4 Å². The molecule has 1 atom stereocenters. The third kappa shape index (κ3) is 3.49. The lowest BCUT2D eigenvalue weighted by Crippen LogP contribution is -2.57. The summed E-state index contributed by atoms with van der Waals surface area (Å²) in [6, 6.07) is 6.18.